The Morgan fingerprint density at radius 1 is 1.39 bits per heavy atom. The molecule has 18 heavy (non-hydrogen) atoms. The van der Waals surface area contributed by atoms with E-state index in [-0.39, 0.29) is 17.2 Å². The molecule has 0 aliphatic heterocycles. The highest BCUT2D eigenvalue weighted by Gasteiger charge is 2.30. The summed E-state index contributed by atoms with van der Waals surface area (Å²) in [6.45, 7) is 6.49. The van der Waals surface area contributed by atoms with Crippen molar-refractivity contribution in [2.75, 3.05) is 5.32 Å². The molecular weight excluding hydrogens is 226 g/mol. The van der Waals surface area contributed by atoms with Gasteiger partial charge in [-0.15, -0.1) is 0 Å². The predicted octanol–water partition coefficient (Wildman–Crippen LogP) is 2.90. The fourth-order valence-corrected chi connectivity index (χ4v) is 1.90. The Kier molecular flexibility index (Phi) is 3.64. The minimum Gasteiger partial charge on any atom is -0.309 e. The van der Waals surface area contributed by atoms with Crippen molar-refractivity contribution in [1.29, 1.82) is 0 Å². The highest BCUT2D eigenvalue weighted by Crippen LogP contribution is 2.31. The van der Waals surface area contributed by atoms with E-state index in [0.29, 0.717) is 5.82 Å². The summed E-state index contributed by atoms with van der Waals surface area (Å²) >= 11 is 0. The number of carbonyl (C=O) groups is 1. The van der Waals surface area contributed by atoms with Crippen molar-refractivity contribution in [2.45, 2.75) is 51.9 Å². The molecule has 1 N–H and O–H groups in total. The van der Waals surface area contributed by atoms with Crippen LogP contribution in [0.15, 0.2) is 12.4 Å². The average Bonchev–Trinajstić information content (AvgIpc) is 3.22. The van der Waals surface area contributed by atoms with Crippen LogP contribution in [0.4, 0.5) is 5.82 Å². The third kappa shape index (κ3) is 2.68. The largest absolute Gasteiger partial charge is 0.309 e. The van der Waals surface area contributed by atoms with Gasteiger partial charge in [0.15, 0.2) is 5.82 Å². The quantitative estimate of drug-likeness (QED) is 0.870. The van der Waals surface area contributed by atoms with E-state index >= 15 is 0 Å². The first-order chi connectivity index (χ1) is 8.59. The fourth-order valence-electron chi connectivity index (χ4n) is 1.90. The zero-order chi connectivity index (χ0) is 13.2. The van der Waals surface area contributed by atoms with Crippen molar-refractivity contribution < 1.29 is 4.79 Å². The molecule has 1 aliphatic carbocycles. The number of nitrogens with zero attached hydrogens (tertiary/aromatic N) is 2. The van der Waals surface area contributed by atoms with Gasteiger partial charge in [0.25, 0.3) is 0 Å². The van der Waals surface area contributed by atoms with Crippen LogP contribution < -0.4 is 5.32 Å². The van der Waals surface area contributed by atoms with Gasteiger partial charge in [-0.3, -0.25) is 9.78 Å². The van der Waals surface area contributed by atoms with E-state index < -0.39 is 0 Å². The monoisotopic (exact) mass is 247 g/mol. The Hall–Kier alpha value is -1.45. The molecule has 1 aromatic heterocycles. The molecule has 0 radical (unpaired) electrons. The minimum absolute atomic E-state index is 0.0350. The van der Waals surface area contributed by atoms with Crippen LogP contribution in [-0.2, 0) is 10.2 Å². The summed E-state index contributed by atoms with van der Waals surface area (Å²) in [5.41, 5.74) is 0.994. The van der Waals surface area contributed by atoms with E-state index in [1.54, 1.807) is 12.4 Å². The zero-order valence-corrected chi connectivity index (χ0v) is 11.4. The molecule has 2 rings (SSSR count). The summed E-state index contributed by atoms with van der Waals surface area (Å²) in [6.07, 6.45) is 7.45. The normalized spacial score (nSPS) is 15.5. The highest BCUT2D eigenvalue weighted by molar-refractivity contribution is 5.93. The van der Waals surface area contributed by atoms with E-state index in [4.69, 9.17) is 0 Å². The van der Waals surface area contributed by atoms with Crippen molar-refractivity contribution in [2.24, 2.45) is 5.92 Å². The molecule has 4 heteroatoms. The molecule has 1 heterocycles. The molecule has 0 bridgehead atoms. The van der Waals surface area contributed by atoms with Gasteiger partial charge >= 0.3 is 0 Å². The molecule has 1 fully saturated rings. The van der Waals surface area contributed by atoms with Crippen LogP contribution in [0.5, 0.6) is 0 Å². The van der Waals surface area contributed by atoms with Crippen LogP contribution in [0, 0.1) is 5.92 Å². The Bertz CT molecular complexity index is 436. The van der Waals surface area contributed by atoms with Gasteiger partial charge < -0.3 is 5.32 Å². The maximum Gasteiger partial charge on any atom is 0.228 e. The highest BCUT2D eigenvalue weighted by atomic mass is 16.2. The van der Waals surface area contributed by atoms with Crippen molar-refractivity contribution in [3.05, 3.63) is 18.1 Å². The van der Waals surface area contributed by atoms with Gasteiger partial charge in [0.1, 0.15) is 0 Å². The first-order valence-electron chi connectivity index (χ1n) is 6.72. The number of nitrogens with one attached hydrogen (secondary N) is 1. The second-order valence-corrected chi connectivity index (χ2v) is 5.32. The van der Waals surface area contributed by atoms with Crippen molar-refractivity contribution >= 4 is 11.7 Å². The number of aromatic nitrogens is 2. The summed E-state index contributed by atoms with van der Waals surface area (Å²) < 4.78 is 0. The van der Waals surface area contributed by atoms with Crippen LogP contribution in [0.2, 0.25) is 0 Å². The molecular formula is C14H21N3O. The SMILES string of the molecule is CCC(C)(CC)c1cncc(NC(=O)C2CC2)n1. The first kappa shape index (κ1) is 13.0. The van der Waals surface area contributed by atoms with Crippen molar-refractivity contribution in [3.8, 4) is 0 Å². The van der Waals surface area contributed by atoms with Crippen LogP contribution in [0.3, 0.4) is 0 Å². The molecule has 0 saturated heterocycles. The van der Waals surface area contributed by atoms with Gasteiger partial charge in [-0.1, -0.05) is 20.8 Å². The van der Waals surface area contributed by atoms with Gasteiger partial charge in [-0.2, -0.15) is 0 Å². The lowest BCUT2D eigenvalue weighted by Crippen LogP contribution is -2.23. The number of amides is 1. The minimum atomic E-state index is 0.0350. The van der Waals surface area contributed by atoms with Crippen LogP contribution in [-0.4, -0.2) is 15.9 Å². The maximum atomic E-state index is 11.7. The van der Waals surface area contributed by atoms with E-state index in [1.165, 1.54) is 0 Å². The first-order valence-corrected chi connectivity index (χ1v) is 6.72. The lowest BCUT2D eigenvalue weighted by molar-refractivity contribution is -0.117. The average molecular weight is 247 g/mol. The van der Waals surface area contributed by atoms with Crippen LogP contribution in [0.1, 0.15) is 52.1 Å². The zero-order valence-electron chi connectivity index (χ0n) is 11.4. The van der Waals surface area contributed by atoms with Gasteiger partial charge in [0.2, 0.25) is 5.91 Å². The molecule has 98 valence electrons. The molecule has 1 aliphatic rings. The summed E-state index contributed by atoms with van der Waals surface area (Å²) in [4.78, 5) is 20.4. The van der Waals surface area contributed by atoms with E-state index in [1.807, 2.05) is 0 Å². The summed E-state index contributed by atoms with van der Waals surface area (Å²) in [6, 6.07) is 0. The Labute approximate surface area is 108 Å². The second kappa shape index (κ2) is 5.04. The Morgan fingerprint density at radius 2 is 2.06 bits per heavy atom. The standard InChI is InChI=1S/C14H21N3O/c1-4-14(3,5-2)11-8-15-9-12(16-11)17-13(18)10-6-7-10/h8-10H,4-7H2,1-3H3,(H,16,17,18). The van der Waals surface area contributed by atoms with Crippen molar-refractivity contribution in [3.63, 3.8) is 0 Å². The number of anilines is 1. The Balaban J connectivity index is 2.16. The molecule has 4 nitrogen and oxygen atoms in total. The number of hydrogen-bond donors (Lipinski definition) is 1. The predicted molar refractivity (Wildman–Crippen MR) is 71.3 cm³/mol. The lowest BCUT2D eigenvalue weighted by atomic mass is 9.82. The molecule has 0 spiro atoms. The van der Waals surface area contributed by atoms with Gasteiger partial charge in [0, 0.05) is 17.5 Å². The number of rotatable bonds is 5. The third-order valence-corrected chi connectivity index (χ3v) is 4.01. The van der Waals surface area contributed by atoms with Gasteiger partial charge in [0.05, 0.1) is 11.9 Å². The van der Waals surface area contributed by atoms with E-state index in [2.05, 4.69) is 36.1 Å². The van der Waals surface area contributed by atoms with Crippen LogP contribution >= 0.6 is 0 Å². The third-order valence-electron chi connectivity index (χ3n) is 4.01. The molecule has 1 aromatic rings. The lowest BCUT2D eigenvalue weighted by Gasteiger charge is -2.25. The molecule has 1 saturated carbocycles. The van der Waals surface area contributed by atoms with E-state index in [9.17, 15) is 4.79 Å². The smallest absolute Gasteiger partial charge is 0.228 e. The number of hydrogen-bond acceptors (Lipinski definition) is 3. The number of carbonyl (C=O) groups excluding carboxylic acids is 1. The molecule has 0 unspecified atom stereocenters. The summed E-state index contributed by atoms with van der Waals surface area (Å²) in [7, 11) is 0. The van der Waals surface area contributed by atoms with Crippen LogP contribution in [0.25, 0.3) is 0 Å². The molecule has 0 aromatic carbocycles. The molecule has 1 amide bonds. The Morgan fingerprint density at radius 3 is 2.61 bits per heavy atom. The van der Waals surface area contributed by atoms with Gasteiger partial charge in [-0.25, -0.2) is 4.98 Å². The second-order valence-electron chi connectivity index (χ2n) is 5.32. The fraction of sp³-hybridized carbons (Fsp3) is 0.643. The molecule has 0 atom stereocenters. The maximum absolute atomic E-state index is 11.7. The topological polar surface area (TPSA) is 54.9 Å². The summed E-state index contributed by atoms with van der Waals surface area (Å²) in [5.74, 6) is 0.855. The van der Waals surface area contributed by atoms with E-state index in [0.717, 1.165) is 31.4 Å². The summed E-state index contributed by atoms with van der Waals surface area (Å²) in [5, 5.41) is 2.85. The van der Waals surface area contributed by atoms with Gasteiger partial charge in [-0.05, 0) is 25.7 Å². The van der Waals surface area contributed by atoms with Crippen molar-refractivity contribution in [1.82, 2.24) is 9.97 Å².